The first-order valence-electron chi connectivity index (χ1n) is 6.58. The monoisotopic (exact) mass is 367 g/mol. The molecule has 0 aromatic heterocycles. The van der Waals surface area contributed by atoms with E-state index in [0.29, 0.717) is 10.2 Å². The SMILES string of the molecule is CC(C)(C)c1ccc(NS(=O)(=O)c2ccccc2Br)cc1. The van der Waals surface area contributed by atoms with Crippen molar-refractivity contribution in [1.82, 2.24) is 0 Å². The van der Waals surface area contributed by atoms with Crippen LogP contribution in [0.4, 0.5) is 5.69 Å². The van der Waals surface area contributed by atoms with Gasteiger partial charge in [0.05, 0.1) is 0 Å². The fraction of sp³-hybridized carbons (Fsp3) is 0.250. The highest BCUT2D eigenvalue weighted by atomic mass is 79.9. The van der Waals surface area contributed by atoms with Crippen molar-refractivity contribution >= 4 is 31.6 Å². The number of hydrogen-bond acceptors (Lipinski definition) is 2. The fourth-order valence-electron chi connectivity index (χ4n) is 1.91. The van der Waals surface area contributed by atoms with Crippen molar-refractivity contribution in [2.75, 3.05) is 4.72 Å². The molecule has 0 unspecified atom stereocenters. The molecule has 0 aliphatic rings. The van der Waals surface area contributed by atoms with E-state index < -0.39 is 10.0 Å². The van der Waals surface area contributed by atoms with Gasteiger partial charge < -0.3 is 0 Å². The van der Waals surface area contributed by atoms with Crippen LogP contribution in [-0.2, 0) is 15.4 Å². The van der Waals surface area contributed by atoms with Crippen molar-refractivity contribution in [3.05, 3.63) is 58.6 Å². The van der Waals surface area contributed by atoms with Crippen LogP contribution in [0.2, 0.25) is 0 Å². The van der Waals surface area contributed by atoms with Gasteiger partial charge in [-0.1, -0.05) is 45.0 Å². The van der Waals surface area contributed by atoms with E-state index in [1.807, 2.05) is 12.1 Å². The zero-order valence-corrected chi connectivity index (χ0v) is 14.6. The van der Waals surface area contributed by atoms with Gasteiger partial charge in [-0.05, 0) is 51.2 Å². The number of rotatable bonds is 3. The van der Waals surface area contributed by atoms with Gasteiger partial charge in [-0.15, -0.1) is 0 Å². The summed E-state index contributed by atoms with van der Waals surface area (Å²) in [5.41, 5.74) is 1.75. The van der Waals surface area contributed by atoms with Gasteiger partial charge in [0, 0.05) is 10.2 Å². The molecule has 0 radical (unpaired) electrons. The third-order valence-corrected chi connectivity index (χ3v) is 5.52. The Balaban J connectivity index is 2.28. The summed E-state index contributed by atoms with van der Waals surface area (Å²) in [6, 6.07) is 14.2. The predicted octanol–water partition coefficient (Wildman–Crippen LogP) is 4.55. The molecule has 0 saturated carbocycles. The lowest BCUT2D eigenvalue weighted by Gasteiger charge is -2.19. The van der Waals surface area contributed by atoms with Gasteiger partial charge in [0.1, 0.15) is 4.90 Å². The van der Waals surface area contributed by atoms with Gasteiger partial charge in [-0.25, -0.2) is 8.42 Å². The quantitative estimate of drug-likeness (QED) is 0.864. The minimum atomic E-state index is -3.59. The fourth-order valence-corrected chi connectivity index (χ4v) is 3.97. The van der Waals surface area contributed by atoms with Crippen molar-refractivity contribution in [1.29, 1.82) is 0 Å². The van der Waals surface area contributed by atoms with Crippen molar-refractivity contribution in [3.8, 4) is 0 Å². The van der Waals surface area contributed by atoms with E-state index in [-0.39, 0.29) is 10.3 Å². The first-order valence-corrected chi connectivity index (χ1v) is 8.86. The topological polar surface area (TPSA) is 46.2 Å². The molecule has 3 nitrogen and oxygen atoms in total. The van der Waals surface area contributed by atoms with E-state index >= 15 is 0 Å². The van der Waals surface area contributed by atoms with Gasteiger partial charge in [-0.3, -0.25) is 4.72 Å². The maximum atomic E-state index is 12.4. The third-order valence-electron chi connectivity index (χ3n) is 3.13. The summed E-state index contributed by atoms with van der Waals surface area (Å²) >= 11 is 3.26. The second-order valence-corrected chi connectivity index (χ2v) is 8.37. The number of benzene rings is 2. The Kier molecular flexibility index (Phi) is 4.44. The highest BCUT2D eigenvalue weighted by Crippen LogP contribution is 2.26. The van der Waals surface area contributed by atoms with Gasteiger partial charge in [0.25, 0.3) is 10.0 Å². The molecule has 5 heteroatoms. The van der Waals surface area contributed by atoms with Crippen LogP contribution >= 0.6 is 15.9 Å². The van der Waals surface area contributed by atoms with Gasteiger partial charge in [0.2, 0.25) is 0 Å². The Morgan fingerprint density at radius 2 is 1.52 bits per heavy atom. The number of nitrogens with one attached hydrogen (secondary N) is 1. The lowest BCUT2D eigenvalue weighted by molar-refractivity contribution is 0.590. The molecule has 0 spiro atoms. The normalized spacial score (nSPS) is 12.2. The predicted molar refractivity (Wildman–Crippen MR) is 90.1 cm³/mol. The number of halogens is 1. The van der Waals surface area contributed by atoms with Gasteiger partial charge in [0.15, 0.2) is 0 Å². The molecule has 0 amide bonds. The Morgan fingerprint density at radius 1 is 0.952 bits per heavy atom. The van der Waals surface area contributed by atoms with Crippen molar-refractivity contribution in [3.63, 3.8) is 0 Å². The Labute approximate surface area is 134 Å². The number of sulfonamides is 1. The summed E-state index contributed by atoms with van der Waals surface area (Å²) < 4.78 is 27.9. The molecule has 0 saturated heterocycles. The van der Waals surface area contributed by atoms with E-state index in [1.54, 1.807) is 36.4 Å². The summed E-state index contributed by atoms with van der Waals surface area (Å²) in [4.78, 5) is 0.227. The van der Waals surface area contributed by atoms with Crippen molar-refractivity contribution in [2.45, 2.75) is 31.1 Å². The second-order valence-electron chi connectivity index (χ2n) is 5.86. The molecule has 0 bridgehead atoms. The van der Waals surface area contributed by atoms with Gasteiger partial charge >= 0.3 is 0 Å². The summed E-state index contributed by atoms with van der Waals surface area (Å²) in [7, 11) is -3.59. The van der Waals surface area contributed by atoms with E-state index in [1.165, 1.54) is 0 Å². The van der Waals surface area contributed by atoms with Crippen molar-refractivity contribution in [2.24, 2.45) is 0 Å². The molecule has 112 valence electrons. The van der Waals surface area contributed by atoms with Crippen LogP contribution in [0.3, 0.4) is 0 Å². The molecule has 2 aromatic carbocycles. The van der Waals surface area contributed by atoms with Crippen LogP contribution in [0.1, 0.15) is 26.3 Å². The average Bonchev–Trinajstić information content (AvgIpc) is 2.38. The first-order chi connectivity index (χ1) is 9.70. The summed E-state index contributed by atoms with van der Waals surface area (Å²) in [5.74, 6) is 0. The van der Waals surface area contributed by atoms with Crippen LogP contribution in [-0.4, -0.2) is 8.42 Å². The Hall–Kier alpha value is -1.33. The average molecular weight is 368 g/mol. The summed E-state index contributed by atoms with van der Waals surface area (Å²) in [6.45, 7) is 6.35. The lowest BCUT2D eigenvalue weighted by atomic mass is 9.87. The molecular formula is C16H18BrNO2S. The number of anilines is 1. The van der Waals surface area contributed by atoms with Crippen LogP contribution < -0.4 is 4.72 Å². The van der Waals surface area contributed by atoms with Crippen molar-refractivity contribution < 1.29 is 8.42 Å². The van der Waals surface area contributed by atoms with Gasteiger partial charge in [-0.2, -0.15) is 0 Å². The van der Waals surface area contributed by atoms with E-state index in [4.69, 9.17) is 0 Å². The molecule has 0 aliphatic heterocycles. The smallest absolute Gasteiger partial charge is 0.263 e. The maximum Gasteiger partial charge on any atom is 0.263 e. The van der Waals surface area contributed by atoms with Crippen LogP contribution in [0.25, 0.3) is 0 Å². The molecule has 0 aliphatic carbocycles. The Morgan fingerprint density at radius 3 is 2.05 bits per heavy atom. The lowest BCUT2D eigenvalue weighted by Crippen LogP contribution is -2.14. The second kappa shape index (κ2) is 5.81. The molecule has 0 fully saturated rings. The molecule has 2 rings (SSSR count). The van der Waals surface area contributed by atoms with Crippen LogP contribution in [0.5, 0.6) is 0 Å². The molecule has 0 heterocycles. The maximum absolute atomic E-state index is 12.4. The highest BCUT2D eigenvalue weighted by molar-refractivity contribution is 9.10. The van der Waals surface area contributed by atoms with E-state index in [0.717, 1.165) is 5.56 Å². The zero-order valence-electron chi connectivity index (χ0n) is 12.2. The number of hydrogen-bond donors (Lipinski definition) is 1. The molecule has 0 atom stereocenters. The summed E-state index contributed by atoms with van der Waals surface area (Å²) in [6.07, 6.45) is 0. The first kappa shape index (κ1) is 16.0. The standard InChI is InChI=1S/C16H18BrNO2S/c1-16(2,3)12-8-10-13(11-9-12)18-21(19,20)15-7-5-4-6-14(15)17/h4-11,18H,1-3H3. The van der Waals surface area contributed by atoms with Crippen LogP contribution in [0, 0.1) is 0 Å². The Bertz CT molecular complexity index is 732. The minimum Gasteiger partial charge on any atom is -0.280 e. The minimum absolute atomic E-state index is 0.0415. The summed E-state index contributed by atoms with van der Waals surface area (Å²) in [5, 5.41) is 0. The largest absolute Gasteiger partial charge is 0.280 e. The zero-order chi connectivity index (χ0) is 15.7. The molecule has 21 heavy (non-hydrogen) atoms. The molecular weight excluding hydrogens is 350 g/mol. The van der Waals surface area contributed by atoms with E-state index in [2.05, 4.69) is 41.4 Å². The molecule has 2 aromatic rings. The third kappa shape index (κ3) is 3.86. The molecule has 1 N–H and O–H groups in total. The highest BCUT2D eigenvalue weighted by Gasteiger charge is 2.18. The van der Waals surface area contributed by atoms with E-state index in [9.17, 15) is 8.42 Å². The van der Waals surface area contributed by atoms with Crippen LogP contribution in [0.15, 0.2) is 57.9 Å².